The second-order valence-corrected chi connectivity index (χ2v) is 5.52. The van der Waals surface area contributed by atoms with Crippen molar-refractivity contribution in [2.45, 2.75) is 27.2 Å². The molecule has 0 aliphatic carbocycles. The van der Waals surface area contributed by atoms with Gasteiger partial charge in [-0.1, -0.05) is 11.6 Å². The van der Waals surface area contributed by atoms with Crippen LogP contribution in [0.25, 0.3) is 10.9 Å². The Morgan fingerprint density at radius 3 is 2.78 bits per heavy atom. The van der Waals surface area contributed by atoms with Crippen LogP contribution in [-0.2, 0) is 9.47 Å². The van der Waals surface area contributed by atoms with E-state index in [0.717, 1.165) is 34.1 Å². The number of pyridine rings is 1. The maximum absolute atomic E-state index is 12.2. The second-order valence-electron chi connectivity index (χ2n) is 5.52. The minimum atomic E-state index is -0.352. The van der Waals surface area contributed by atoms with Crippen LogP contribution in [0.5, 0.6) is 0 Å². The lowest BCUT2D eigenvalue weighted by Crippen LogP contribution is -2.13. The summed E-state index contributed by atoms with van der Waals surface area (Å²) in [6, 6.07) is 4.14. The van der Waals surface area contributed by atoms with Crippen molar-refractivity contribution >= 4 is 22.6 Å². The van der Waals surface area contributed by atoms with Crippen molar-refractivity contribution in [2.75, 3.05) is 32.2 Å². The van der Waals surface area contributed by atoms with Gasteiger partial charge in [0.25, 0.3) is 0 Å². The van der Waals surface area contributed by atoms with Crippen molar-refractivity contribution < 1.29 is 14.3 Å². The smallest absolute Gasteiger partial charge is 0.341 e. The third-order valence-electron chi connectivity index (χ3n) is 3.63. The Bertz CT molecular complexity index is 698. The van der Waals surface area contributed by atoms with E-state index in [9.17, 15) is 4.79 Å². The van der Waals surface area contributed by atoms with Crippen LogP contribution in [0, 0.1) is 13.8 Å². The highest BCUT2D eigenvalue weighted by atomic mass is 16.5. The van der Waals surface area contributed by atoms with E-state index in [2.05, 4.69) is 22.4 Å². The van der Waals surface area contributed by atoms with Gasteiger partial charge in [-0.2, -0.15) is 0 Å². The summed E-state index contributed by atoms with van der Waals surface area (Å²) < 4.78 is 10.2. The molecule has 1 N–H and O–H groups in total. The molecule has 2 rings (SSSR count). The summed E-state index contributed by atoms with van der Waals surface area (Å²) in [5.74, 6) is -0.352. The standard InChI is InChI=1S/C18H24N2O3/c1-5-23-18(21)15-11-20-16-13(3)9-12(2)10-14(16)17(15)19-7-6-8-22-4/h9-11H,5-8H2,1-4H3,(H,19,20). The van der Waals surface area contributed by atoms with E-state index in [1.165, 1.54) is 0 Å². The summed E-state index contributed by atoms with van der Waals surface area (Å²) in [6.07, 6.45) is 2.45. The molecule has 0 fully saturated rings. The minimum absolute atomic E-state index is 0.340. The number of carbonyl (C=O) groups is 1. The summed E-state index contributed by atoms with van der Waals surface area (Å²) in [5, 5.41) is 4.31. The zero-order valence-corrected chi connectivity index (χ0v) is 14.2. The van der Waals surface area contributed by atoms with Gasteiger partial charge in [0, 0.05) is 31.8 Å². The summed E-state index contributed by atoms with van der Waals surface area (Å²) >= 11 is 0. The second kappa shape index (κ2) is 7.92. The van der Waals surface area contributed by atoms with Crippen LogP contribution in [-0.4, -0.2) is 37.8 Å². The number of nitrogens with one attached hydrogen (secondary N) is 1. The predicted molar refractivity (Wildman–Crippen MR) is 92.2 cm³/mol. The number of hydrogen-bond donors (Lipinski definition) is 1. The topological polar surface area (TPSA) is 60.5 Å². The van der Waals surface area contributed by atoms with Crippen molar-refractivity contribution in [3.05, 3.63) is 35.0 Å². The van der Waals surface area contributed by atoms with E-state index in [1.807, 2.05) is 13.8 Å². The molecule has 5 nitrogen and oxygen atoms in total. The quantitative estimate of drug-likeness (QED) is 0.626. The molecule has 1 aromatic heterocycles. The summed E-state index contributed by atoms with van der Waals surface area (Å²) in [4.78, 5) is 16.7. The van der Waals surface area contributed by atoms with E-state index in [-0.39, 0.29) is 5.97 Å². The average molecular weight is 316 g/mol. The number of carbonyl (C=O) groups excluding carboxylic acids is 1. The first-order chi connectivity index (χ1) is 11.1. The third-order valence-corrected chi connectivity index (χ3v) is 3.63. The molecule has 0 spiro atoms. The van der Waals surface area contributed by atoms with E-state index >= 15 is 0 Å². The van der Waals surface area contributed by atoms with Crippen molar-refractivity contribution in [3.63, 3.8) is 0 Å². The molecule has 2 aromatic rings. The Balaban J connectivity index is 2.49. The molecule has 23 heavy (non-hydrogen) atoms. The number of fused-ring (bicyclic) bond motifs is 1. The van der Waals surface area contributed by atoms with Crippen molar-refractivity contribution in [1.82, 2.24) is 4.98 Å². The van der Waals surface area contributed by atoms with Crippen LogP contribution >= 0.6 is 0 Å². The maximum atomic E-state index is 12.2. The molecule has 0 saturated carbocycles. The summed E-state index contributed by atoms with van der Waals surface area (Å²) in [5.41, 5.74) is 4.39. The summed E-state index contributed by atoms with van der Waals surface area (Å²) in [7, 11) is 1.68. The Hall–Kier alpha value is -2.14. The van der Waals surface area contributed by atoms with Crippen LogP contribution in [0.15, 0.2) is 18.3 Å². The van der Waals surface area contributed by atoms with Crippen molar-refractivity contribution in [1.29, 1.82) is 0 Å². The van der Waals surface area contributed by atoms with Crippen molar-refractivity contribution in [3.8, 4) is 0 Å². The molecular weight excluding hydrogens is 292 g/mol. The van der Waals surface area contributed by atoms with Gasteiger partial charge in [0.05, 0.1) is 17.8 Å². The predicted octanol–water partition coefficient (Wildman–Crippen LogP) is 3.48. The maximum Gasteiger partial charge on any atom is 0.341 e. The van der Waals surface area contributed by atoms with Crippen LogP contribution in [0.1, 0.15) is 34.8 Å². The normalized spacial score (nSPS) is 10.8. The van der Waals surface area contributed by atoms with Gasteiger partial charge >= 0.3 is 5.97 Å². The molecule has 0 bridgehead atoms. The number of rotatable bonds is 7. The highest BCUT2D eigenvalue weighted by Crippen LogP contribution is 2.29. The number of aromatic nitrogens is 1. The van der Waals surface area contributed by atoms with E-state index < -0.39 is 0 Å². The number of esters is 1. The Labute approximate surface area is 137 Å². The molecule has 0 unspecified atom stereocenters. The Morgan fingerprint density at radius 2 is 2.09 bits per heavy atom. The molecule has 0 aliphatic heterocycles. The number of aryl methyl sites for hydroxylation is 2. The zero-order chi connectivity index (χ0) is 16.8. The van der Waals surface area contributed by atoms with Gasteiger partial charge in [-0.25, -0.2) is 4.79 Å². The van der Waals surface area contributed by atoms with Gasteiger partial charge in [-0.05, 0) is 38.8 Å². The molecule has 0 atom stereocenters. The molecule has 5 heteroatoms. The van der Waals surface area contributed by atoms with Crippen LogP contribution in [0.4, 0.5) is 5.69 Å². The highest BCUT2D eigenvalue weighted by Gasteiger charge is 2.17. The van der Waals surface area contributed by atoms with Crippen LogP contribution in [0.3, 0.4) is 0 Å². The number of benzene rings is 1. The number of nitrogens with zero attached hydrogens (tertiary/aromatic N) is 1. The molecule has 0 aliphatic rings. The van der Waals surface area contributed by atoms with Gasteiger partial charge in [-0.3, -0.25) is 4.98 Å². The molecule has 0 radical (unpaired) electrons. The van der Waals surface area contributed by atoms with Crippen LogP contribution in [0.2, 0.25) is 0 Å². The molecular formula is C18H24N2O3. The number of ether oxygens (including phenoxy) is 2. The fourth-order valence-corrected chi connectivity index (χ4v) is 2.64. The third kappa shape index (κ3) is 3.99. The minimum Gasteiger partial charge on any atom is -0.462 e. The van der Waals surface area contributed by atoms with Gasteiger partial charge in [0.1, 0.15) is 5.56 Å². The van der Waals surface area contributed by atoms with E-state index in [4.69, 9.17) is 9.47 Å². The first-order valence-corrected chi connectivity index (χ1v) is 7.88. The average Bonchev–Trinajstić information content (AvgIpc) is 2.51. The van der Waals surface area contributed by atoms with Crippen molar-refractivity contribution in [2.24, 2.45) is 0 Å². The number of hydrogen-bond acceptors (Lipinski definition) is 5. The highest BCUT2D eigenvalue weighted by molar-refractivity contribution is 6.05. The first kappa shape index (κ1) is 17.2. The lowest BCUT2D eigenvalue weighted by molar-refractivity contribution is 0.0527. The van der Waals surface area contributed by atoms with E-state index in [0.29, 0.717) is 25.3 Å². The largest absolute Gasteiger partial charge is 0.462 e. The number of methoxy groups -OCH3 is 1. The van der Waals surface area contributed by atoms with Gasteiger partial charge in [0.2, 0.25) is 0 Å². The summed E-state index contributed by atoms with van der Waals surface area (Å²) in [6.45, 7) is 7.59. The number of anilines is 1. The molecule has 1 aromatic carbocycles. The van der Waals surface area contributed by atoms with Crippen LogP contribution < -0.4 is 5.32 Å². The zero-order valence-electron chi connectivity index (χ0n) is 14.2. The molecule has 0 saturated heterocycles. The molecule has 0 amide bonds. The van der Waals surface area contributed by atoms with Gasteiger partial charge in [-0.15, -0.1) is 0 Å². The lowest BCUT2D eigenvalue weighted by atomic mass is 10.0. The Morgan fingerprint density at radius 1 is 1.30 bits per heavy atom. The van der Waals surface area contributed by atoms with Gasteiger partial charge in [0.15, 0.2) is 0 Å². The van der Waals surface area contributed by atoms with E-state index in [1.54, 1.807) is 20.2 Å². The van der Waals surface area contributed by atoms with Gasteiger partial charge < -0.3 is 14.8 Å². The molecule has 124 valence electrons. The first-order valence-electron chi connectivity index (χ1n) is 7.88. The lowest BCUT2D eigenvalue weighted by Gasteiger charge is -2.15. The monoisotopic (exact) mass is 316 g/mol. The fourth-order valence-electron chi connectivity index (χ4n) is 2.64. The molecule has 1 heterocycles. The Kier molecular flexibility index (Phi) is 5.93. The SMILES string of the molecule is CCOC(=O)c1cnc2c(C)cc(C)cc2c1NCCCOC. The fraction of sp³-hybridized carbons (Fsp3) is 0.444.